The third kappa shape index (κ3) is 2.20. The number of nitriles is 1. The number of benzene rings is 2. The van der Waals surface area contributed by atoms with Gasteiger partial charge < -0.3 is 10.3 Å². The highest BCUT2D eigenvalue weighted by Gasteiger charge is 2.09. The maximum Gasteiger partial charge on any atom is 0.201 e. The van der Waals surface area contributed by atoms with E-state index in [-0.39, 0.29) is 0 Å². The maximum atomic E-state index is 8.99. The molecule has 0 spiro atoms. The topological polar surface area (TPSA) is 67.6 Å². The van der Waals surface area contributed by atoms with Crippen LogP contribution in [0.1, 0.15) is 11.1 Å². The van der Waals surface area contributed by atoms with E-state index in [1.807, 2.05) is 28.8 Å². The SMILES string of the molecule is N#Cc1ccc2nc(N)n(Cc3cccc(Cl)c3)c2c1. The molecule has 20 heavy (non-hydrogen) atoms. The Hall–Kier alpha value is -2.51. The van der Waals surface area contributed by atoms with Crippen LogP contribution in [-0.4, -0.2) is 9.55 Å². The van der Waals surface area contributed by atoms with Crippen LogP contribution < -0.4 is 5.73 Å². The summed E-state index contributed by atoms with van der Waals surface area (Å²) in [6, 6.07) is 15.1. The molecule has 0 saturated heterocycles. The van der Waals surface area contributed by atoms with Gasteiger partial charge in [-0.05, 0) is 35.9 Å². The van der Waals surface area contributed by atoms with Gasteiger partial charge in [0.05, 0.1) is 29.2 Å². The lowest BCUT2D eigenvalue weighted by Gasteiger charge is -2.07. The Morgan fingerprint density at radius 1 is 1.25 bits per heavy atom. The van der Waals surface area contributed by atoms with Gasteiger partial charge in [0.15, 0.2) is 0 Å². The van der Waals surface area contributed by atoms with Gasteiger partial charge in [-0.15, -0.1) is 0 Å². The molecular formula is C15H11ClN4. The van der Waals surface area contributed by atoms with E-state index in [1.54, 1.807) is 18.2 Å². The predicted octanol–water partition coefficient (Wildman–Crippen LogP) is 3.19. The fourth-order valence-electron chi connectivity index (χ4n) is 2.19. The average Bonchev–Trinajstić information content (AvgIpc) is 2.74. The summed E-state index contributed by atoms with van der Waals surface area (Å²) < 4.78 is 1.88. The minimum Gasteiger partial charge on any atom is -0.369 e. The van der Waals surface area contributed by atoms with Crippen molar-refractivity contribution in [2.75, 3.05) is 5.73 Å². The molecule has 0 unspecified atom stereocenters. The number of aromatic nitrogens is 2. The fourth-order valence-corrected chi connectivity index (χ4v) is 2.41. The molecular weight excluding hydrogens is 272 g/mol. The van der Waals surface area contributed by atoms with Crippen molar-refractivity contribution in [3.63, 3.8) is 0 Å². The second kappa shape index (κ2) is 4.87. The highest BCUT2D eigenvalue weighted by molar-refractivity contribution is 6.30. The van der Waals surface area contributed by atoms with Gasteiger partial charge in [-0.1, -0.05) is 23.7 Å². The van der Waals surface area contributed by atoms with Gasteiger partial charge in [0.1, 0.15) is 0 Å². The Balaban J connectivity index is 2.11. The summed E-state index contributed by atoms with van der Waals surface area (Å²) in [5.74, 6) is 0.426. The molecule has 2 N–H and O–H groups in total. The van der Waals surface area contributed by atoms with Crippen molar-refractivity contribution in [1.29, 1.82) is 5.26 Å². The summed E-state index contributed by atoms with van der Waals surface area (Å²) in [7, 11) is 0. The van der Waals surface area contributed by atoms with Gasteiger partial charge in [-0.25, -0.2) is 4.98 Å². The summed E-state index contributed by atoms with van der Waals surface area (Å²) >= 11 is 5.99. The minimum absolute atomic E-state index is 0.426. The molecule has 0 saturated carbocycles. The number of anilines is 1. The van der Waals surface area contributed by atoms with Crippen LogP contribution in [0.3, 0.4) is 0 Å². The van der Waals surface area contributed by atoms with Crippen molar-refractivity contribution >= 4 is 28.6 Å². The third-order valence-electron chi connectivity index (χ3n) is 3.14. The molecule has 0 fully saturated rings. The first-order chi connectivity index (χ1) is 9.67. The monoisotopic (exact) mass is 282 g/mol. The normalized spacial score (nSPS) is 10.6. The third-order valence-corrected chi connectivity index (χ3v) is 3.37. The molecule has 0 aliphatic carbocycles. The molecule has 1 aromatic heterocycles. The number of nitrogens with two attached hydrogens (primary N) is 1. The van der Waals surface area contributed by atoms with E-state index in [0.717, 1.165) is 16.6 Å². The lowest BCUT2D eigenvalue weighted by atomic mass is 10.2. The molecule has 0 bridgehead atoms. The second-order valence-corrected chi connectivity index (χ2v) is 4.94. The van der Waals surface area contributed by atoms with Crippen molar-refractivity contribution < 1.29 is 0 Å². The van der Waals surface area contributed by atoms with Crippen LogP contribution in [0.4, 0.5) is 5.95 Å². The first-order valence-corrected chi connectivity index (χ1v) is 6.45. The van der Waals surface area contributed by atoms with E-state index >= 15 is 0 Å². The Morgan fingerprint density at radius 3 is 2.85 bits per heavy atom. The van der Waals surface area contributed by atoms with Crippen LogP contribution in [0, 0.1) is 11.3 Å². The largest absolute Gasteiger partial charge is 0.369 e. The lowest BCUT2D eigenvalue weighted by Crippen LogP contribution is -2.04. The molecule has 3 aromatic rings. The van der Waals surface area contributed by atoms with Gasteiger partial charge in [0.2, 0.25) is 5.95 Å². The Labute approximate surface area is 121 Å². The van der Waals surface area contributed by atoms with Crippen molar-refractivity contribution in [3.05, 3.63) is 58.6 Å². The van der Waals surface area contributed by atoms with Crippen LogP contribution in [0.25, 0.3) is 11.0 Å². The summed E-state index contributed by atoms with van der Waals surface area (Å²) in [5.41, 5.74) is 9.22. The van der Waals surface area contributed by atoms with Gasteiger partial charge in [0, 0.05) is 5.02 Å². The second-order valence-electron chi connectivity index (χ2n) is 4.50. The maximum absolute atomic E-state index is 8.99. The van der Waals surface area contributed by atoms with Crippen molar-refractivity contribution in [2.45, 2.75) is 6.54 Å². The number of imidazole rings is 1. The molecule has 3 rings (SSSR count). The van der Waals surface area contributed by atoms with E-state index in [1.165, 1.54) is 0 Å². The van der Waals surface area contributed by atoms with Gasteiger partial charge in [-0.2, -0.15) is 5.26 Å². The number of nitrogens with zero attached hydrogens (tertiary/aromatic N) is 3. The number of nitrogen functional groups attached to an aromatic ring is 1. The molecule has 5 heteroatoms. The molecule has 4 nitrogen and oxygen atoms in total. The van der Waals surface area contributed by atoms with E-state index in [2.05, 4.69) is 11.1 Å². The van der Waals surface area contributed by atoms with Crippen LogP contribution in [0.15, 0.2) is 42.5 Å². The number of hydrogen-bond acceptors (Lipinski definition) is 3. The van der Waals surface area contributed by atoms with E-state index in [0.29, 0.717) is 23.1 Å². The lowest BCUT2D eigenvalue weighted by molar-refractivity contribution is 0.838. The highest BCUT2D eigenvalue weighted by Crippen LogP contribution is 2.21. The highest BCUT2D eigenvalue weighted by atomic mass is 35.5. The van der Waals surface area contributed by atoms with Crippen LogP contribution >= 0.6 is 11.6 Å². The first kappa shape index (κ1) is 12.5. The summed E-state index contributed by atoms with van der Waals surface area (Å²) in [6.07, 6.45) is 0. The minimum atomic E-state index is 0.426. The quantitative estimate of drug-likeness (QED) is 0.785. The van der Waals surface area contributed by atoms with Crippen LogP contribution in [-0.2, 0) is 6.54 Å². The molecule has 0 aliphatic heterocycles. The van der Waals surface area contributed by atoms with Crippen molar-refractivity contribution in [3.8, 4) is 6.07 Å². The standard InChI is InChI=1S/C15H11ClN4/c16-12-3-1-2-11(6-12)9-20-14-7-10(8-17)4-5-13(14)19-15(20)18/h1-7H,9H2,(H2,18,19). The Morgan fingerprint density at radius 2 is 2.10 bits per heavy atom. The summed E-state index contributed by atoms with van der Waals surface area (Å²) in [5, 5.41) is 9.68. The van der Waals surface area contributed by atoms with Gasteiger partial charge in [-0.3, -0.25) is 0 Å². The van der Waals surface area contributed by atoms with Gasteiger partial charge in [0.25, 0.3) is 0 Å². The van der Waals surface area contributed by atoms with Crippen LogP contribution in [0.5, 0.6) is 0 Å². The zero-order valence-electron chi connectivity index (χ0n) is 10.5. The van der Waals surface area contributed by atoms with E-state index in [4.69, 9.17) is 22.6 Å². The molecule has 98 valence electrons. The average molecular weight is 283 g/mol. The molecule has 0 amide bonds. The van der Waals surface area contributed by atoms with Gasteiger partial charge >= 0.3 is 0 Å². The van der Waals surface area contributed by atoms with Crippen molar-refractivity contribution in [1.82, 2.24) is 9.55 Å². The molecule has 1 heterocycles. The first-order valence-electron chi connectivity index (χ1n) is 6.07. The number of fused-ring (bicyclic) bond motifs is 1. The Bertz CT molecular complexity index is 829. The number of rotatable bonds is 2. The summed E-state index contributed by atoms with van der Waals surface area (Å²) in [4.78, 5) is 4.31. The Kier molecular flexibility index (Phi) is 3.05. The fraction of sp³-hybridized carbons (Fsp3) is 0.0667. The smallest absolute Gasteiger partial charge is 0.201 e. The van der Waals surface area contributed by atoms with Crippen molar-refractivity contribution in [2.24, 2.45) is 0 Å². The van der Waals surface area contributed by atoms with E-state index < -0.39 is 0 Å². The molecule has 0 radical (unpaired) electrons. The predicted molar refractivity (Wildman–Crippen MR) is 79.4 cm³/mol. The molecule has 0 aliphatic rings. The summed E-state index contributed by atoms with van der Waals surface area (Å²) in [6.45, 7) is 0.567. The zero-order valence-corrected chi connectivity index (χ0v) is 11.3. The zero-order chi connectivity index (χ0) is 14.1. The van der Waals surface area contributed by atoms with Crippen LogP contribution in [0.2, 0.25) is 5.02 Å². The number of halogens is 1. The molecule has 0 atom stereocenters. The molecule has 2 aromatic carbocycles. The van der Waals surface area contributed by atoms with E-state index in [9.17, 15) is 0 Å². The number of hydrogen-bond donors (Lipinski definition) is 1.